The average molecular weight is 301 g/mol. The summed E-state index contributed by atoms with van der Waals surface area (Å²) in [4.78, 5) is 0. The van der Waals surface area contributed by atoms with Crippen molar-refractivity contribution in [3.05, 3.63) is 37.0 Å². The third kappa shape index (κ3) is 6.15. The van der Waals surface area contributed by atoms with Gasteiger partial charge in [0.2, 0.25) is 0 Å². The minimum absolute atomic E-state index is 0.861. The highest BCUT2D eigenvalue weighted by molar-refractivity contribution is 4.95. The Labute approximate surface area is 138 Å². The Bertz CT molecular complexity index is 346. The number of allylic oxidation sites excluding steroid dienone is 5. The Morgan fingerprint density at radius 3 is 2.00 bits per heavy atom. The van der Waals surface area contributed by atoms with Gasteiger partial charge in [-0.2, -0.15) is 0 Å². The molecule has 0 aromatic rings. The Balaban J connectivity index is 1.56. The highest BCUT2D eigenvalue weighted by atomic mass is 14.3. The largest absolute Gasteiger partial charge is 0.103 e. The lowest BCUT2D eigenvalue weighted by Crippen LogP contribution is -2.14. The third-order valence-electron chi connectivity index (χ3n) is 5.90. The number of hydrogen-bond donors (Lipinski definition) is 0. The van der Waals surface area contributed by atoms with E-state index in [0.29, 0.717) is 0 Å². The molecule has 0 nitrogen and oxygen atoms in total. The first-order valence-corrected chi connectivity index (χ1v) is 9.72. The molecule has 0 aromatic heterocycles. The minimum atomic E-state index is 0.861. The molecule has 0 heterocycles. The molecule has 0 N–H and O–H groups in total. The highest BCUT2D eigenvalue weighted by Crippen LogP contribution is 2.34. The van der Waals surface area contributed by atoms with E-state index in [2.05, 4.69) is 43.9 Å². The molecule has 124 valence electrons. The minimum Gasteiger partial charge on any atom is -0.103 e. The van der Waals surface area contributed by atoms with E-state index in [0.717, 1.165) is 23.7 Å². The fraction of sp³-hybridized carbons (Fsp3) is 0.727. The standard InChI is InChI=1S/C22H36/c1-3-7-19-11-15-21(16-12-19)9-5-6-10-22-17-13-20(8-4-2)14-18-22/h3-4,6,8,10,19-22H,1,5,7,9,11-18H2,2H3. The topological polar surface area (TPSA) is 0 Å². The van der Waals surface area contributed by atoms with Gasteiger partial charge in [-0.1, -0.05) is 43.2 Å². The Morgan fingerprint density at radius 1 is 0.818 bits per heavy atom. The summed E-state index contributed by atoms with van der Waals surface area (Å²) in [5.74, 6) is 3.66. The lowest BCUT2D eigenvalue weighted by molar-refractivity contribution is 0.266. The van der Waals surface area contributed by atoms with Crippen LogP contribution in [0.2, 0.25) is 0 Å². The van der Waals surface area contributed by atoms with E-state index in [9.17, 15) is 0 Å². The van der Waals surface area contributed by atoms with E-state index in [1.54, 1.807) is 0 Å². The lowest BCUT2D eigenvalue weighted by atomic mass is 9.78. The van der Waals surface area contributed by atoms with E-state index in [1.165, 1.54) is 70.6 Å². The van der Waals surface area contributed by atoms with Crippen molar-refractivity contribution in [1.29, 1.82) is 0 Å². The van der Waals surface area contributed by atoms with Crippen LogP contribution in [-0.2, 0) is 0 Å². The molecule has 0 bridgehead atoms. The van der Waals surface area contributed by atoms with E-state index < -0.39 is 0 Å². The van der Waals surface area contributed by atoms with Crippen LogP contribution in [0.3, 0.4) is 0 Å². The van der Waals surface area contributed by atoms with Crippen LogP contribution < -0.4 is 0 Å². The highest BCUT2D eigenvalue weighted by Gasteiger charge is 2.20. The summed E-state index contributed by atoms with van der Waals surface area (Å²) in [6, 6.07) is 0. The van der Waals surface area contributed by atoms with E-state index >= 15 is 0 Å². The zero-order chi connectivity index (χ0) is 15.6. The van der Waals surface area contributed by atoms with Gasteiger partial charge < -0.3 is 0 Å². The summed E-state index contributed by atoms with van der Waals surface area (Å²) >= 11 is 0. The molecule has 2 fully saturated rings. The number of rotatable bonds is 7. The normalized spacial score (nSPS) is 33.5. The predicted molar refractivity (Wildman–Crippen MR) is 98.9 cm³/mol. The molecule has 0 aliphatic heterocycles. The van der Waals surface area contributed by atoms with Crippen LogP contribution in [0.1, 0.15) is 77.6 Å². The molecule has 2 rings (SSSR count). The van der Waals surface area contributed by atoms with Gasteiger partial charge in [0, 0.05) is 0 Å². The van der Waals surface area contributed by atoms with Crippen LogP contribution in [0.15, 0.2) is 37.0 Å². The zero-order valence-corrected chi connectivity index (χ0v) is 14.7. The van der Waals surface area contributed by atoms with Crippen molar-refractivity contribution in [1.82, 2.24) is 0 Å². The van der Waals surface area contributed by atoms with Gasteiger partial charge in [-0.15, -0.1) is 6.58 Å². The van der Waals surface area contributed by atoms with Gasteiger partial charge in [0.1, 0.15) is 0 Å². The summed E-state index contributed by atoms with van der Waals surface area (Å²) in [6.45, 7) is 6.03. The second-order valence-corrected chi connectivity index (χ2v) is 7.62. The van der Waals surface area contributed by atoms with Crippen molar-refractivity contribution >= 4 is 0 Å². The van der Waals surface area contributed by atoms with Crippen LogP contribution in [0.5, 0.6) is 0 Å². The summed E-state index contributed by atoms with van der Waals surface area (Å²) in [5.41, 5.74) is 0. The molecule has 2 aliphatic carbocycles. The Kier molecular flexibility index (Phi) is 8.05. The molecular weight excluding hydrogens is 264 g/mol. The molecule has 0 radical (unpaired) electrons. The molecule has 0 spiro atoms. The van der Waals surface area contributed by atoms with Crippen molar-refractivity contribution in [2.75, 3.05) is 0 Å². The molecule has 2 saturated carbocycles. The second kappa shape index (κ2) is 10.1. The summed E-state index contributed by atoms with van der Waals surface area (Å²) in [5, 5.41) is 0. The molecule has 0 atom stereocenters. The summed E-state index contributed by atoms with van der Waals surface area (Å²) in [7, 11) is 0. The molecule has 0 heteroatoms. The first kappa shape index (κ1) is 17.6. The first-order valence-electron chi connectivity index (χ1n) is 9.72. The van der Waals surface area contributed by atoms with E-state index in [1.807, 2.05) is 0 Å². The first-order chi connectivity index (χ1) is 10.8. The van der Waals surface area contributed by atoms with Gasteiger partial charge in [-0.05, 0) is 88.4 Å². The predicted octanol–water partition coefficient (Wildman–Crippen LogP) is 7.09. The Morgan fingerprint density at radius 2 is 1.41 bits per heavy atom. The van der Waals surface area contributed by atoms with Gasteiger partial charge in [-0.25, -0.2) is 0 Å². The fourth-order valence-electron chi connectivity index (χ4n) is 4.41. The van der Waals surface area contributed by atoms with Crippen LogP contribution >= 0.6 is 0 Å². The smallest absolute Gasteiger partial charge is 0.0233 e. The van der Waals surface area contributed by atoms with Gasteiger partial charge in [0.05, 0.1) is 0 Å². The SMILES string of the molecule is C=CCC1CCC(CCC=CC2CCC(C=CC)CC2)CC1. The quantitative estimate of drug-likeness (QED) is 0.440. The van der Waals surface area contributed by atoms with Gasteiger partial charge in [0.15, 0.2) is 0 Å². The second-order valence-electron chi connectivity index (χ2n) is 7.62. The maximum Gasteiger partial charge on any atom is -0.0233 e. The molecule has 2 aliphatic rings. The van der Waals surface area contributed by atoms with Crippen LogP contribution in [0.25, 0.3) is 0 Å². The molecule has 0 saturated heterocycles. The summed E-state index contributed by atoms with van der Waals surface area (Å²) < 4.78 is 0. The van der Waals surface area contributed by atoms with Gasteiger partial charge in [0.25, 0.3) is 0 Å². The zero-order valence-electron chi connectivity index (χ0n) is 14.7. The maximum absolute atomic E-state index is 3.88. The van der Waals surface area contributed by atoms with Crippen LogP contribution in [-0.4, -0.2) is 0 Å². The average Bonchev–Trinajstić information content (AvgIpc) is 2.55. The monoisotopic (exact) mass is 300 g/mol. The van der Waals surface area contributed by atoms with Gasteiger partial charge in [-0.3, -0.25) is 0 Å². The molecular formula is C22H36. The fourth-order valence-corrected chi connectivity index (χ4v) is 4.41. The van der Waals surface area contributed by atoms with Crippen LogP contribution in [0.4, 0.5) is 0 Å². The van der Waals surface area contributed by atoms with Crippen molar-refractivity contribution in [3.8, 4) is 0 Å². The number of hydrogen-bond acceptors (Lipinski definition) is 0. The third-order valence-corrected chi connectivity index (χ3v) is 5.90. The van der Waals surface area contributed by atoms with Crippen molar-refractivity contribution in [3.63, 3.8) is 0 Å². The molecule has 0 aromatic carbocycles. The maximum atomic E-state index is 3.88. The molecule has 22 heavy (non-hydrogen) atoms. The molecule has 0 amide bonds. The van der Waals surface area contributed by atoms with E-state index in [-0.39, 0.29) is 0 Å². The summed E-state index contributed by atoms with van der Waals surface area (Å²) in [6.07, 6.45) is 27.1. The van der Waals surface area contributed by atoms with Crippen molar-refractivity contribution in [2.45, 2.75) is 77.6 Å². The Hall–Kier alpha value is -0.780. The molecule has 0 unspecified atom stereocenters. The van der Waals surface area contributed by atoms with Crippen molar-refractivity contribution < 1.29 is 0 Å². The van der Waals surface area contributed by atoms with Crippen LogP contribution in [0, 0.1) is 23.7 Å². The lowest BCUT2D eigenvalue weighted by Gasteiger charge is -2.27. The van der Waals surface area contributed by atoms with Gasteiger partial charge >= 0.3 is 0 Å². The van der Waals surface area contributed by atoms with Crippen molar-refractivity contribution in [2.24, 2.45) is 23.7 Å². The van der Waals surface area contributed by atoms with E-state index in [4.69, 9.17) is 0 Å².